The van der Waals surface area contributed by atoms with E-state index in [0.717, 1.165) is 0 Å². The van der Waals surface area contributed by atoms with Crippen molar-refractivity contribution in [2.75, 3.05) is 18.2 Å². The number of nitrogens with two attached hydrogens (primary N) is 1. The van der Waals surface area contributed by atoms with Gasteiger partial charge in [-0.3, -0.25) is 4.79 Å². The maximum absolute atomic E-state index is 12.1. The molecule has 0 aliphatic heterocycles. The summed E-state index contributed by atoms with van der Waals surface area (Å²) < 4.78 is 5.04. The van der Waals surface area contributed by atoms with Crippen molar-refractivity contribution in [2.24, 2.45) is 0 Å². The summed E-state index contributed by atoms with van der Waals surface area (Å²) in [5.41, 5.74) is 7.10. The molecule has 0 radical (unpaired) electrons. The van der Waals surface area contributed by atoms with E-state index < -0.39 is 0 Å². The lowest BCUT2D eigenvalue weighted by Gasteiger charge is -2.10. The van der Waals surface area contributed by atoms with E-state index in [-0.39, 0.29) is 5.91 Å². The number of anilines is 2. The molecule has 2 aromatic rings. The van der Waals surface area contributed by atoms with Crippen LogP contribution in [-0.2, 0) is 0 Å². The van der Waals surface area contributed by atoms with Gasteiger partial charge < -0.3 is 15.8 Å². The van der Waals surface area contributed by atoms with E-state index in [4.69, 9.17) is 33.7 Å². The van der Waals surface area contributed by atoms with E-state index in [9.17, 15) is 4.79 Å². The Kier molecular flexibility index (Phi) is 4.37. The van der Waals surface area contributed by atoms with Crippen LogP contribution in [0, 0.1) is 0 Å². The van der Waals surface area contributed by atoms with E-state index in [1.807, 2.05) is 0 Å². The highest BCUT2D eigenvalue weighted by Crippen LogP contribution is 2.25. The SMILES string of the molecule is COc1ccc(NC(=O)c2cc(Cl)cc(Cl)c2)c(N)c1. The van der Waals surface area contributed by atoms with Crippen molar-refractivity contribution in [3.63, 3.8) is 0 Å². The minimum absolute atomic E-state index is 0.341. The molecule has 0 bridgehead atoms. The summed E-state index contributed by atoms with van der Waals surface area (Å²) in [5, 5.41) is 3.48. The second kappa shape index (κ2) is 6.03. The standard InChI is InChI=1S/C14H12Cl2N2O2/c1-20-11-2-3-13(12(17)7-11)18-14(19)8-4-9(15)6-10(16)5-8/h2-7H,17H2,1H3,(H,18,19). The van der Waals surface area contributed by atoms with Crippen molar-refractivity contribution in [1.82, 2.24) is 0 Å². The Morgan fingerprint density at radius 2 is 1.80 bits per heavy atom. The van der Waals surface area contributed by atoms with Gasteiger partial charge in [0.2, 0.25) is 0 Å². The molecule has 0 fully saturated rings. The number of amides is 1. The fraction of sp³-hybridized carbons (Fsp3) is 0.0714. The van der Waals surface area contributed by atoms with Gasteiger partial charge in [0.1, 0.15) is 5.75 Å². The molecule has 0 unspecified atom stereocenters. The average molecular weight is 311 g/mol. The maximum atomic E-state index is 12.1. The van der Waals surface area contributed by atoms with Gasteiger partial charge in [0, 0.05) is 21.7 Å². The number of methoxy groups -OCH3 is 1. The highest BCUT2D eigenvalue weighted by molar-refractivity contribution is 6.35. The summed E-state index contributed by atoms with van der Waals surface area (Å²) in [6, 6.07) is 9.61. The van der Waals surface area contributed by atoms with E-state index in [2.05, 4.69) is 5.32 Å². The van der Waals surface area contributed by atoms with E-state index in [0.29, 0.717) is 32.7 Å². The highest BCUT2D eigenvalue weighted by Gasteiger charge is 2.10. The number of halogens is 2. The summed E-state index contributed by atoms with van der Waals surface area (Å²) in [6.45, 7) is 0. The van der Waals surface area contributed by atoms with Gasteiger partial charge in [-0.05, 0) is 30.3 Å². The molecule has 0 aliphatic carbocycles. The highest BCUT2D eigenvalue weighted by atomic mass is 35.5. The number of hydrogen-bond acceptors (Lipinski definition) is 3. The summed E-state index contributed by atoms with van der Waals surface area (Å²) >= 11 is 11.7. The summed E-state index contributed by atoms with van der Waals surface area (Å²) in [6.07, 6.45) is 0. The monoisotopic (exact) mass is 310 g/mol. The molecular formula is C14H12Cl2N2O2. The Labute approximate surface area is 126 Å². The first-order chi connectivity index (χ1) is 9.49. The summed E-state index contributed by atoms with van der Waals surface area (Å²) in [7, 11) is 1.54. The Morgan fingerprint density at radius 3 is 2.35 bits per heavy atom. The van der Waals surface area contributed by atoms with E-state index in [1.165, 1.54) is 12.1 Å². The van der Waals surface area contributed by atoms with Crippen LogP contribution in [0.2, 0.25) is 10.0 Å². The molecule has 1 amide bonds. The van der Waals surface area contributed by atoms with Crippen LogP contribution in [0.1, 0.15) is 10.4 Å². The number of carbonyl (C=O) groups is 1. The third-order valence-electron chi connectivity index (χ3n) is 2.63. The first-order valence-corrected chi connectivity index (χ1v) is 6.46. The fourth-order valence-electron chi connectivity index (χ4n) is 1.66. The molecule has 0 aromatic heterocycles. The molecule has 0 saturated heterocycles. The molecule has 20 heavy (non-hydrogen) atoms. The van der Waals surface area contributed by atoms with Crippen LogP contribution in [0.3, 0.4) is 0 Å². The summed E-state index contributed by atoms with van der Waals surface area (Å²) in [5.74, 6) is 0.276. The van der Waals surface area contributed by atoms with Crippen molar-refractivity contribution in [1.29, 1.82) is 0 Å². The first-order valence-electron chi connectivity index (χ1n) is 5.70. The van der Waals surface area contributed by atoms with Crippen molar-refractivity contribution in [2.45, 2.75) is 0 Å². The predicted octanol–water partition coefficient (Wildman–Crippen LogP) is 3.84. The van der Waals surface area contributed by atoms with Crippen LogP contribution >= 0.6 is 23.2 Å². The number of rotatable bonds is 3. The normalized spacial score (nSPS) is 10.2. The van der Waals surface area contributed by atoms with Gasteiger partial charge in [-0.1, -0.05) is 23.2 Å². The molecular weight excluding hydrogens is 299 g/mol. The summed E-state index contributed by atoms with van der Waals surface area (Å²) in [4.78, 5) is 12.1. The van der Waals surface area contributed by atoms with Crippen LogP contribution < -0.4 is 15.8 Å². The fourth-order valence-corrected chi connectivity index (χ4v) is 2.19. The predicted molar refractivity (Wildman–Crippen MR) is 81.8 cm³/mol. The third-order valence-corrected chi connectivity index (χ3v) is 3.07. The minimum atomic E-state index is -0.341. The number of hydrogen-bond donors (Lipinski definition) is 2. The minimum Gasteiger partial charge on any atom is -0.497 e. The van der Waals surface area contributed by atoms with Crippen LogP contribution in [0.4, 0.5) is 11.4 Å². The van der Waals surface area contributed by atoms with Gasteiger partial charge in [-0.25, -0.2) is 0 Å². The molecule has 104 valence electrons. The zero-order chi connectivity index (χ0) is 14.7. The Morgan fingerprint density at radius 1 is 1.15 bits per heavy atom. The molecule has 2 rings (SSSR count). The van der Waals surface area contributed by atoms with Crippen molar-refractivity contribution >= 4 is 40.5 Å². The molecule has 0 saturated carbocycles. The lowest BCUT2D eigenvalue weighted by Crippen LogP contribution is -2.13. The average Bonchev–Trinajstić information content (AvgIpc) is 2.39. The lowest BCUT2D eigenvalue weighted by atomic mass is 10.2. The number of nitrogen functional groups attached to an aromatic ring is 1. The molecule has 0 spiro atoms. The van der Waals surface area contributed by atoms with Gasteiger partial charge in [-0.2, -0.15) is 0 Å². The molecule has 0 atom stereocenters. The van der Waals surface area contributed by atoms with Gasteiger partial charge in [0.15, 0.2) is 0 Å². The smallest absolute Gasteiger partial charge is 0.255 e. The van der Waals surface area contributed by atoms with Crippen molar-refractivity contribution in [3.8, 4) is 5.75 Å². The maximum Gasteiger partial charge on any atom is 0.255 e. The zero-order valence-electron chi connectivity index (χ0n) is 10.6. The number of benzene rings is 2. The van der Waals surface area contributed by atoms with E-state index >= 15 is 0 Å². The zero-order valence-corrected chi connectivity index (χ0v) is 12.1. The number of nitrogens with one attached hydrogen (secondary N) is 1. The Bertz CT molecular complexity index is 639. The quantitative estimate of drug-likeness (QED) is 0.847. The molecule has 4 nitrogen and oxygen atoms in total. The van der Waals surface area contributed by atoms with Gasteiger partial charge in [-0.15, -0.1) is 0 Å². The molecule has 2 aromatic carbocycles. The topological polar surface area (TPSA) is 64.3 Å². The Hall–Kier alpha value is -1.91. The second-order valence-corrected chi connectivity index (χ2v) is 4.94. The van der Waals surface area contributed by atoms with Crippen molar-refractivity contribution < 1.29 is 9.53 Å². The van der Waals surface area contributed by atoms with Gasteiger partial charge >= 0.3 is 0 Å². The van der Waals surface area contributed by atoms with Gasteiger partial charge in [0.25, 0.3) is 5.91 Å². The largest absolute Gasteiger partial charge is 0.497 e. The van der Waals surface area contributed by atoms with Crippen LogP contribution in [0.5, 0.6) is 5.75 Å². The van der Waals surface area contributed by atoms with Crippen molar-refractivity contribution in [3.05, 3.63) is 52.0 Å². The van der Waals surface area contributed by atoms with E-state index in [1.54, 1.807) is 31.4 Å². The Balaban J connectivity index is 2.23. The molecule has 6 heteroatoms. The molecule has 0 heterocycles. The first kappa shape index (κ1) is 14.5. The third kappa shape index (κ3) is 3.35. The molecule has 3 N–H and O–H groups in total. The number of carbonyl (C=O) groups excluding carboxylic acids is 1. The van der Waals surface area contributed by atoms with Crippen LogP contribution in [-0.4, -0.2) is 13.0 Å². The van der Waals surface area contributed by atoms with Crippen LogP contribution in [0.15, 0.2) is 36.4 Å². The molecule has 0 aliphatic rings. The second-order valence-electron chi connectivity index (χ2n) is 4.07. The lowest BCUT2D eigenvalue weighted by molar-refractivity contribution is 0.102. The van der Waals surface area contributed by atoms with Gasteiger partial charge in [0.05, 0.1) is 18.5 Å². The number of ether oxygens (including phenoxy) is 1. The van der Waals surface area contributed by atoms with Crippen LogP contribution in [0.25, 0.3) is 0 Å².